The third kappa shape index (κ3) is 9.43. The van der Waals surface area contributed by atoms with Gasteiger partial charge in [-0.25, -0.2) is 0 Å². The molecule has 0 heterocycles. The fraction of sp³-hybridized carbons (Fsp3) is 0.854. The Bertz CT molecular complexity index is 1170. The van der Waals surface area contributed by atoms with Crippen molar-refractivity contribution in [3.05, 3.63) is 34.9 Å². The lowest BCUT2D eigenvalue weighted by Gasteiger charge is -2.62. The van der Waals surface area contributed by atoms with Gasteiger partial charge >= 0.3 is 5.97 Å². The summed E-state index contributed by atoms with van der Waals surface area (Å²) in [5.41, 5.74) is 6.22. The second kappa shape index (κ2) is 18.6. The molecule has 0 aromatic carbocycles. The van der Waals surface area contributed by atoms with E-state index in [9.17, 15) is 4.79 Å². The number of rotatable bonds is 20. The number of carbonyl (C=O) groups is 1. The smallest absolute Gasteiger partial charge is 0.306 e. The Balaban J connectivity index is 1.22. The average Bonchev–Trinajstić information content (AvgIpc) is 3.35. The molecule has 2 heteroatoms. The normalized spacial score (nSPS) is 32.4. The maximum absolute atomic E-state index is 13.1. The topological polar surface area (TPSA) is 26.3 Å². The maximum atomic E-state index is 13.1. The molecule has 0 radical (unpaired) electrons. The van der Waals surface area contributed by atoms with Crippen LogP contribution in [0.5, 0.6) is 0 Å². The van der Waals surface area contributed by atoms with Crippen LogP contribution in [0.3, 0.4) is 0 Å². The van der Waals surface area contributed by atoms with Gasteiger partial charge in [-0.3, -0.25) is 4.79 Å². The van der Waals surface area contributed by atoms with Crippen LogP contribution in [0.25, 0.3) is 0 Å². The van der Waals surface area contributed by atoms with Crippen molar-refractivity contribution in [3.8, 4) is 0 Å². The number of hydrogen-bond donors (Lipinski definition) is 0. The van der Waals surface area contributed by atoms with Gasteiger partial charge in [-0.05, 0) is 144 Å². The molecule has 0 saturated heterocycles. The number of carbonyl (C=O) groups excluding carboxylic acids is 1. The second-order valence-electron chi connectivity index (χ2n) is 19.4. The predicted molar refractivity (Wildman–Crippen MR) is 216 cm³/mol. The van der Waals surface area contributed by atoms with Gasteiger partial charge in [0.15, 0.2) is 0 Å². The van der Waals surface area contributed by atoms with E-state index in [-0.39, 0.29) is 22.9 Å². The van der Waals surface area contributed by atoms with E-state index >= 15 is 0 Å². The lowest BCUT2D eigenvalue weighted by Crippen LogP contribution is -2.55. The van der Waals surface area contributed by atoms with Crippen molar-refractivity contribution < 1.29 is 9.53 Å². The first-order valence-corrected chi connectivity index (χ1v) is 22.0. The van der Waals surface area contributed by atoms with Crippen molar-refractivity contribution in [1.29, 1.82) is 0 Å². The third-order valence-electron chi connectivity index (χ3n) is 15.5. The molecule has 4 aliphatic rings. The zero-order valence-electron chi connectivity index (χ0n) is 34.8. The maximum Gasteiger partial charge on any atom is 0.306 e. The van der Waals surface area contributed by atoms with Crippen LogP contribution in [0.1, 0.15) is 216 Å². The number of fused-ring (bicyclic) bond motifs is 4. The quantitative estimate of drug-likeness (QED) is 0.0722. The zero-order chi connectivity index (χ0) is 36.4. The lowest BCUT2D eigenvalue weighted by molar-refractivity contribution is -0.170. The Labute approximate surface area is 311 Å². The number of hydrogen-bond acceptors (Lipinski definition) is 2. The van der Waals surface area contributed by atoms with Crippen molar-refractivity contribution in [2.24, 2.45) is 39.4 Å². The van der Waals surface area contributed by atoms with E-state index in [4.69, 9.17) is 4.74 Å². The summed E-state index contributed by atoms with van der Waals surface area (Å²) in [6, 6.07) is 0. The van der Waals surface area contributed by atoms with Crippen LogP contribution in [0.4, 0.5) is 0 Å². The van der Waals surface area contributed by atoms with Crippen molar-refractivity contribution in [2.75, 3.05) is 0 Å². The first kappa shape index (κ1) is 41.4. The molecule has 50 heavy (non-hydrogen) atoms. The first-order valence-electron chi connectivity index (χ1n) is 22.0. The molecule has 0 spiro atoms. The molecule has 0 bridgehead atoms. The average molecular weight is 691 g/mol. The van der Waals surface area contributed by atoms with Crippen LogP contribution in [0, 0.1) is 39.4 Å². The van der Waals surface area contributed by atoms with Crippen LogP contribution in [-0.4, -0.2) is 12.1 Å². The fourth-order valence-electron chi connectivity index (χ4n) is 12.2. The summed E-state index contributed by atoms with van der Waals surface area (Å²) in [6.45, 7) is 22.2. The molecule has 2 nitrogen and oxygen atoms in total. The molecule has 0 unspecified atom stereocenters. The molecular weight excluding hydrogens is 609 g/mol. The highest BCUT2D eigenvalue weighted by molar-refractivity contribution is 5.69. The molecule has 4 rings (SSSR count). The first-order chi connectivity index (χ1) is 23.8. The van der Waals surface area contributed by atoms with Gasteiger partial charge in [0.25, 0.3) is 0 Å². The molecule has 0 N–H and O–H groups in total. The molecule has 4 aliphatic carbocycles. The van der Waals surface area contributed by atoms with E-state index < -0.39 is 0 Å². The molecule has 0 amide bonds. The minimum atomic E-state index is 0.0169. The van der Waals surface area contributed by atoms with E-state index in [2.05, 4.69) is 80.5 Å². The van der Waals surface area contributed by atoms with Crippen molar-refractivity contribution in [2.45, 2.75) is 223 Å². The van der Waals surface area contributed by atoms with E-state index in [1.165, 1.54) is 134 Å². The van der Waals surface area contributed by atoms with Gasteiger partial charge in [0, 0.05) is 11.8 Å². The summed E-state index contributed by atoms with van der Waals surface area (Å²) in [4.78, 5) is 13.1. The highest BCUT2D eigenvalue weighted by Crippen LogP contribution is 2.72. The molecule has 0 aromatic rings. The SMILES string of the molecule is CCCCCCCC/C=C/CCCCCCCC(=O)O[C@H]1CC[C@]2(C)C3=C(CC[C@H]2C1(C)C)[C@]1(C)CC[C@H]([C@H](C)CCC=C(C)C)[C@@]1(C)CC3. The lowest BCUT2D eigenvalue weighted by atomic mass is 9.43. The van der Waals surface area contributed by atoms with E-state index in [0.717, 1.165) is 31.1 Å². The summed E-state index contributed by atoms with van der Waals surface area (Å²) in [6.07, 6.45) is 37.3. The van der Waals surface area contributed by atoms with Crippen LogP contribution in [0.2, 0.25) is 0 Å². The summed E-state index contributed by atoms with van der Waals surface area (Å²) in [5.74, 6) is 2.28. The molecule has 2 fully saturated rings. The van der Waals surface area contributed by atoms with Crippen molar-refractivity contribution in [3.63, 3.8) is 0 Å². The van der Waals surface area contributed by atoms with Crippen LogP contribution >= 0.6 is 0 Å². The van der Waals surface area contributed by atoms with Gasteiger partial charge in [-0.1, -0.05) is 135 Å². The van der Waals surface area contributed by atoms with Gasteiger partial charge in [0.1, 0.15) is 6.10 Å². The number of ether oxygens (including phenoxy) is 1. The minimum Gasteiger partial charge on any atom is -0.462 e. The third-order valence-corrected chi connectivity index (χ3v) is 15.5. The zero-order valence-corrected chi connectivity index (χ0v) is 34.8. The second-order valence-corrected chi connectivity index (χ2v) is 19.4. The van der Waals surface area contributed by atoms with Crippen molar-refractivity contribution in [1.82, 2.24) is 0 Å². The Morgan fingerprint density at radius 3 is 2.06 bits per heavy atom. The summed E-state index contributed by atoms with van der Waals surface area (Å²) < 4.78 is 6.38. The van der Waals surface area contributed by atoms with Gasteiger partial charge < -0.3 is 4.74 Å². The Kier molecular flexibility index (Phi) is 15.4. The monoisotopic (exact) mass is 691 g/mol. The molecule has 0 aliphatic heterocycles. The van der Waals surface area contributed by atoms with Gasteiger partial charge in [0.05, 0.1) is 0 Å². The molecule has 286 valence electrons. The summed E-state index contributed by atoms with van der Waals surface area (Å²) >= 11 is 0. The number of esters is 1. The standard InChI is InChI=1S/C48H82O2/c1-10-11-12-13-14-15-16-17-18-19-20-21-22-23-24-28-44(49)50-43-33-34-46(7)40-32-36-47(8)39(38(4)27-25-26-37(2)3)31-35-48(47,9)41(40)29-30-42(46)45(43,5)6/h17-18,26,38-39,42-43H,10-16,19-25,27-36H2,1-9H3/b18-17+/t38-,39-,42+,43+,46-,47-,48+/m1/s1. The molecule has 2 saturated carbocycles. The molecular formula is C48H82O2. The van der Waals surface area contributed by atoms with E-state index in [1.807, 2.05) is 11.1 Å². The van der Waals surface area contributed by atoms with Gasteiger partial charge in [0.2, 0.25) is 0 Å². The fourth-order valence-corrected chi connectivity index (χ4v) is 12.2. The van der Waals surface area contributed by atoms with Crippen molar-refractivity contribution >= 4 is 5.97 Å². The van der Waals surface area contributed by atoms with Crippen LogP contribution in [0.15, 0.2) is 34.9 Å². The molecule has 0 aromatic heterocycles. The van der Waals surface area contributed by atoms with Crippen LogP contribution in [-0.2, 0) is 9.53 Å². The largest absolute Gasteiger partial charge is 0.462 e. The minimum absolute atomic E-state index is 0.0169. The van der Waals surface area contributed by atoms with Gasteiger partial charge in [-0.2, -0.15) is 0 Å². The highest BCUT2D eigenvalue weighted by Gasteiger charge is 2.63. The van der Waals surface area contributed by atoms with Crippen LogP contribution < -0.4 is 0 Å². The Hall–Kier alpha value is -1.31. The summed E-state index contributed by atoms with van der Waals surface area (Å²) in [7, 11) is 0. The predicted octanol–water partition coefficient (Wildman–Crippen LogP) is 15.1. The highest BCUT2D eigenvalue weighted by atomic mass is 16.5. The Morgan fingerprint density at radius 1 is 0.760 bits per heavy atom. The summed E-state index contributed by atoms with van der Waals surface area (Å²) in [5, 5.41) is 0. The Morgan fingerprint density at radius 2 is 1.40 bits per heavy atom. The van der Waals surface area contributed by atoms with E-state index in [1.54, 1.807) is 0 Å². The number of unbranched alkanes of at least 4 members (excludes halogenated alkanes) is 11. The van der Waals surface area contributed by atoms with E-state index in [0.29, 0.717) is 23.2 Å². The number of allylic oxidation sites excluding steroid dienone is 6. The van der Waals surface area contributed by atoms with Gasteiger partial charge in [-0.15, -0.1) is 0 Å². The molecule has 7 atom stereocenters.